The predicted molar refractivity (Wildman–Crippen MR) is 118 cm³/mol. The van der Waals surface area contributed by atoms with E-state index in [-0.39, 0.29) is 18.2 Å². The van der Waals surface area contributed by atoms with Gasteiger partial charge in [0, 0.05) is 32.4 Å². The highest BCUT2D eigenvalue weighted by atomic mass is 32.2. The van der Waals surface area contributed by atoms with E-state index >= 15 is 0 Å². The number of rotatable bonds is 6. The maximum absolute atomic E-state index is 13.0. The molecule has 1 atom stereocenters. The monoisotopic (exact) mass is 444 g/mol. The number of amides is 1. The fourth-order valence-electron chi connectivity index (χ4n) is 3.99. The number of fused-ring (bicyclic) bond motifs is 1. The fraction of sp³-hybridized carbons (Fsp3) is 0.455. The molecule has 1 aromatic carbocycles. The van der Waals surface area contributed by atoms with E-state index in [4.69, 9.17) is 4.74 Å². The Balaban J connectivity index is 1.44. The van der Waals surface area contributed by atoms with E-state index < -0.39 is 16.1 Å². The molecule has 1 saturated heterocycles. The Bertz CT molecular complexity index is 1020. The van der Waals surface area contributed by atoms with Crippen LogP contribution in [0.15, 0.2) is 42.6 Å². The van der Waals surface area contributed by atoms with Gasteiger partial charge in [0.1, 0.15) is 11.9 Å². The number of carbonyl (C=O) groups is 1. The summed E-state index contributed by atoms with van der Waals surface area (Å²) in [5.41, 5.74) is 2.83. The molecule has 1 unspecified atom stereocenters. The number of benzene rings is 1. The minimum atomic E-state index is -3.51. The van der Waals surface area contributed by atoms with Crippen molar-refractivity contribution in [3.63, 3.8) is 0 Å². The van der Waals surface area contributed by atoms with Crippen LogP contribution in [0.3, 0.4) is 0 Å². The van der Waals surface area contributed by atoms with Crippen LogP contribution in [0, 0.1) is 0 Å². The van der Waals surface area contributed by atoms with Crippen molar-refractivity contribution < 1.29 is 17.9 Å². The summed E-state index contributed by atoms with van der Waals surface area (Å²) in [7, 11) is -3.51. The average molecular weight is 445 g/mol. The Hall–Kier alpha value is -2.49. The summed E-state index contributed by atoms with van der Waals surface area (Å²) in [6, 6.07) is 10.8. The number of ether oxygens (including phenoxy) is 1. The Morgan fingerprint density at radius 1 is 1.16 bits per heavy atom. The second-order valence-corrected chi connectivity index (χ2v) is 9.99. The molecule has 2 aromatic rings. The first-order valence-electron chi connectivity index (χ1n) is 10.6. The summed E-state index contributed by atoms with van der Waals surface area (Å²) in [5, 5.41) is 2.91. The van der Waals surface area contributed by atoms with Gasteiger partial charge in [0.25, 0.3) is 0 Å². The third-order valence-corrected chi connectivity index (χ3v) is 7.67. The smallest absolute Gasteiger partial charge is 0.239 e. The molecule has 2 aliphatic heterocycles. The average Bonchev–Trinajstić information content (AvgIpc) is 2.82. The highest BCUT2D eigenvalue weighted by molar-refractivity contribution is 7.89. The van der Waals surface area contributed by atoms with E-state index in [1.165, 1.54) is 4.31 Å². The third-order valence-electron chi connectivity index (χ3n) is 5.84. The lowest BCUT2D eigenvalue weighted by atomic mass is 9.95. The van der Waals surface area contributed by atoms with Gasteiger partial charge in [-0.1, -0.05) is 30.3 Å². The molecule has 2 aliphatic rings. The fourth-order valence-corrected chi connectivity index (χ4v) is 5.21. The highest BCUT2D eigenvalue weighted by Gasteiger charge is 2.37. The van der Waals surface area contributed by atoms with Gasteiger partial charge in [-0.05, 0) is 36.1 Å². The number of nitrogens with zero attached hydrogens (tertiary/aromatic N) is 3. The van der Waals surface area contributed by atoms with Crippen LogP contribution in [-0.4, -0.2) is 61.7 Å². The molecule has 0 bridgehead atoms. The summed E-state index contributed by atoms with van der Waals surface area (Å²) in [5.74, 6) is 0.567. The molecular weight excluding hydrogens is 416 g/mol. The summed E-state index contributed by atoms with van der Waals surface area (Å²) in [4.78, 5) is 19.7. The van der Waals surface area contributed by atoms with Crippen LogP contribution in [0.2, 0.25) is 0 Å². The van der Waals surface area contributed by atoms with Gasteiger partial charge in [0.05, 0.1) is 19.0 Å². The highest BCUT2D eigenvalue weighted by Crippen LogP contribution is 2.26. The SMILES string of the molecule is CCS(=O)(=O)N1Cc2ccccc2CC1C(=O)NCc1ccc(N2CCOCC2)nc1. The van der Waals surface area contributed by atoms with Crippen molar-refractivity contribution >= 4 is 21.7 Å². The summed E-state index contributed by atoms with van der Waals surface area (Å²) in [6.07, 6.45) is 2.12. The first-order valence-corrected chi connectivity index (χ1v) is 12.2. The summed E-state index contributed by atoms with van der Waals surface area (Å²) in [6.45, 7) is 5.14. The van der Waals surface area contributed by atoms with Crippen LogP contribution in [0.1, 0.15) is 23.6 Å². The van der Waals surface area contributed by atoms with Gasteiger partial charge in [-0.25, -0.2) is 13.4 Å². The number of hydrogen-bond donors (Lipinski definition) is 1. The van der Waals surface area contributed by atoms with Crippen LogP contribution in [0.5, 0.6) is 0 Å². The van der Waals surface area contributed by atoms with E-state index in [0.29, 0.717) is 26.2 Å². The van der Waals surface area contributed by atoms with Gasteiger partial charge in [-0.15, -0.1) is 0 Å². The topological polar surface area (TPSA) is 91.8 Å². The molecule has 4 rings (SSSR count). The van der Waals surface area contributed by atoms with Gasteiger partial charge >= 0.3 is 0 Å². The molecule has 0 saturated carbocycles. The van der Waals surface area contributed by atoms with Crippen LogP contribution in [0.25, 0.3) is 0 Å². The van der Waals surface area contributed by atoms with Crippen molar-refractivity contribution in [2.24, 2.45) is 0 Å². The van der Waals surface area contributed by atoms with Crippen molar-refractivity contribution in [2.45, 2.75) is 32.5 Å². The maximum atomic E-state index is 13.0. The van der Waals surface area contributed by atoms with Crippen LogP contribution < -0.4 is 10.2 Å². The van der Waals surface area contributed by atoms with E-state index in [1.807, 2.05) is 36.4 Å². The van der Waals surface area contributed by atoms with E-state index in [9.17, 15) is 13.2 Å². The van der Waals surface area contributed by atoms with Gasteiger partial charge < -0.3 is 15.0 Å². The molecule has 1 aromatic heterocycles. The molecule has 9 heteroatoms. The molecule has 0 radical (unpaired) electrons. The van der Waals surface area contributed by atoms with Crippen molar-refractivity contribution in [2.75, 3.05) is 37.0 Å². The zero-order valence-electron chi connectivity index (χ0n) is 17.7. The Morgan fingerprint density at radius 2 is 1.90 bits per heavy atom. The first-order chi connectivity index (χ1) is 15.0. The van der Waals surface area contributed by atoms with Gasteiger partial charge in [0.2, 0.25) is 15.9 Å². The van der Waals surface area contributed by atoms with E-state index in [1.54, 1.807) is 13.1 Å². The minimum absolute atomic E-state index is 0.0358. The third kappa shape index (κ3) is 4.89. The lowest BCUT2D eigenvalue weighted by molar-refractivity contribution is -0.125. The number of anilines is 1. The Kier molecular flexibility index (Phi) is 6.54. The Labute approximate surface area is 183 Å². The number of hydrogen-bond acceptors (Lipinski definition) is 6. The van der Waals surface area contributed by atoms with Gasteiger partial charge in [-0.2, -0.15) is 4.31 Å². The predicted octanol–water partition coefficient (Wildman–Crippen LogP) is 1.31. The number of nitrogens with one attached hydrogen (secondary N) is 1. The van der Waals surface area contributed by atoms with Crippen LogP contribution >= 0.6 is 0 Å². The molecule has 31 heavy (non-hydrogen) atoms. The van der Waals surface area contributed by atoms with E-state index in [2.05, 4.69) is 15.2 Å². The molecule has 0 spiro atoms. The largest absolute Gasteiger partial charge is 0.378 e. The number of aromatic nitrogens is 1. The van der Waals surface area contributed by atoms with Crippen molar-refractivity contribution in [1.82, 2.24) is 14.6 Å². The molecule has 0 aliphatic carbocycles. The van der Waals surface area contributed by atoms with Crippen molar-refractivity contribution in [3.05, 3.63) is 59.3 Å². The summed E-state index contributed by atoms with van der Waals surface area (Å²) >= 11 is 0. The second kappa shape index (κ2) is 9.33. The first kappa shape index (κ1) is 21.7. The van der Waals surface area contributed by atoms with Gasteiger partial charge in [0.15, 0.2) is 0 Å². The standard InChI is InChI=1S/C22H28N4O4S/c1-2-31(28,29)26-16-19-6-4-3-5-18(19)13-20(26)22(27)24-15-17-7-8-21(23-14-17)25-9-11-30-12-10-25/h3-8,14,20H,2,9-13,15-16H2,1H3,(H,24,27). The zero-order chi connectivity index (χ0) is 21.8. The molecular formula is C22H28N4O4S. The van der Waals surface area contributed by atoms with E-state index in [0.717, 1.165) is 35.6 Å². The quantitative estimate of drug-likeness (QED) is 0.722. The minimum Gasteiger partial charge on any atom is -0.378 e. The molecule has 1 N–H and O–H groups in total. The molecule has 3 heterocycles. The maximum Gasteiger partial charge on any atom is 0.239 e. The van der Waals surface area contributed by atoms with Crippen LogP contribution in [-0.2, 0) is 39.1 Å². The summed E-state index contributed by atoms with van der Waals surface area (Å²) < 4.78 is 32.0. The number of pyridine rings is 1. The number of morpholine rings is 1. The molecule has 8 nitrogen and oxygen atoms in total. The number of sulfonamides is 1. The molecule has 1 amide bonds. The lowest BCUT2D eigenvalue weighted by Crippen LogP contribution is -2.52. The van der Waals surface area contributed by atoms with Crippen molar-refractivity contribution in [1.29, 1.82) is 0 Å². The second-order valence-electron chi connectivity index (χ2n) is 7.78. The zero-order valence-corrected chi connectivity index (χ0v) is 18.5. The normalized spacial score (nSPS) is 19.6. The number of carbonyl (C=O) groups excluding carboxylic acids is 1. The molecule has 166 valence electrons. The molecule has 1 fully saturated rings. The van der Waals surface area contributed by atoms with Crippen molar-refractivity contribution in [3.8, 4) is 0 Å². The van der Waals surface area contributed by atoms with Crippen LogP contribution in [0.4, 0.5) is 5.82 Å². The Morgan fingerprint density at radius 3 is 2.58 bits per heavy atom. The van der Waals surface area contributed by atoms with Gasteiger partial charge in [-0.3, -0.25) is 4.79 Å². The lowest BCUT2D eigenvalue weighted by Gasteiger charge is -2.34.